The molecular weight excluding hydrogens is 248 g/mol. The van der Waals surface area contributed by atoms with Crippen molar-refractivity contribution in [3.63, 3.8) is 0 Å². The van der Waals surface area contributed by atoms with Gasteiger partial charge >= 0.3 is 11.9 Å². The highest BCUT2D eigenvalue weighted by atomic mass is 16.6. The summed E-state index contributed by atoms with van der Waals surface area (Å²) in [6.07, 6.45) is 6.20. The summed E-state index contributed by atoms with van der Waals surface area (Å²) in [6.45, 7) is 0.588. The van der Waals surface area contributed by atoms with Gasteiger partial charge < -0.3 is 14.2 Å². The monoisotopic (exact) mass is 266 g/mol. The van der Waals surface area contributed by atoms with Crippen molar-refractivity contribution in [3.05, 3.63) is 12.2 Å². The first kappa shape index (κ1) is 12.7. The molecule has 104 valence electrons. The Bertz CT molecular complexity index is 439. The molecule has 0 unspecified atom stereocenters. The lowest BCUT2D eigenvalue weighted by atomic mass is 9.40. The minimum atomic E-state index is -1.27. The molecule has 0 radical (unpaired) electrons. The maximum absolute atomic E-state index is 12.3. The van der Waals surface area contributed by atoms with Crippen molar-refractivity contribution < 1.29 is 23.8 Å². The van der Waals surface area contributed by atoms with Crippen LogP contribution in [-0.2, 0) is 23.8 Å². The standard InChI is InChI=1S/C14H18O5/c1-17-11(15)14(12(16)18-2)9-5-3-4-6-13(9)7-8-19-10(13)14/h3-4,9-10H,5-8H2,1-2H3/t9-,10-,13-/m0/s1. The van der Waals surface area contributed by atoms with Crippen molar-refractivity contribution in [1.82, 2.24) is 0 Å². The van der Waals surface area contributed by atoms with E-state index in [1.54, 1.807) is 0 Å². The van der Waals surface area contributed by atoms with E-state index in [0.29, 0.717) is 13.0 Å². The third-order valence-electron chi connectivity index (χ3n) is 5.11. The third kappa shape index (κ3) is 1.24. The first-order chi connectivity index (χ1) is 9.14. The fraction of sp³-hybridized carbons (Fsp3) is 0.714. The Hall–Kier alpha value is -1.36. The van der Waals surface area contributed by atoms with Gasteiger partial charge in [-0.25, -0.2) is 0 Å². The van der Waals surface area contributed by atoms with Crippen LogP contribution in [0.3, 0.4) is 0 Å². The number of allylic oxidation sites excluding steroid dienone is 2. The minimum absolute atomic E-state index is 0.0719. The summed E-state index contributed by atoms with van der Waals surface area (Å²) in [5.74, 6) is -1.12. The second kappa shape index (κ2) is 4.07. The van der Waals surface area contributed by atoms with Crippen LogP contribution in [0.15, 0.2) is 12.2 Å². The van der Waals surface area contributed by atoms with Gasteiger partial charge in [0.05, 0.1) is 20.3 Å². The molecule has 0 aromatic rings. The predicted molar refractivity (Wildman–Crippen MR) is 65.1 cm³/mol. The van der Waals surface area contributed by atoms with Crippen molar-refractivity contribution in [2.75, 3.05) is 20.8 Å². The number of carbonyl (C=O) groups is 2. The van der Waals surface area contributed by atoms with Gasteiger partial charge in [-0.1, -0.05) is 12.2 Å². The molecule has 19 heavy (non-hydrogen) atoms. The second-order valence-electron chi connectivity index (χ2n) is 5.55. The second-order valence-corrected chi connectivity index (χ2v) is 5.55. The minimum Gasteiger partial charge on any atom is -0.468 e. The van der Waals surface area contributed by atoms with E-state index < -0.39 is 23.5 Å². The van der Waals surface area contributed by atoms with Crippen molar-refractivity contribution in [2.45, 2.75) is 25.4 Å². The van der Waals surface area contributed by atoms with Gasteiger partial charge in [0.2, 0.25) is 0 Å². The van der Waals surface area contributed by atoms with E-state index in [1.165, 1.54) is 14.2 Å². The van der Waals surface area contributed by atoms with Gasteiger partial charge in [0.25, 0.3) is 0 Å². The lowest BCUT2D eigenvalue weighted by Crippen LogP contribution is -2.73. The number of rotatable bonds is 2. The molecule has 2 aliphatic carbocycles. The van der Waals surface area contributed by atoms with Crippen LogP contribution < -0.4 is 0 Å². The summed E-state index contributed by atoms with van der Waals surface area (Å²) in [6, 6.07) is 0. The molecule has 1 saturated carbocycles. The molecule has 1 saturated heterocycles. The normalized spacial score (nSPS) is 37.8. The fourth-order valence-electron chi connectivity index (χ4n) is 4.37. The van der Waals surface area contributed by atoms with Crippen LogP contribution in [0, 0.1) is 16.7 Å². The maximum atomic E-state index is 12.3. The van der Waals surface area contributed by atoms with Crippen molar-refractivity contribution in [3.8, 4) is 0 Å². The summed E-state index contributed by atoms with van der Waals surface area (Å²) in [5.41, 5.74) is -1.36. The van der Waals surface area contributed by atoms with Crippen LogP contribution in [0.2, 0.25) is 0 Å². The van der Waals surface area contributed by atoms with E-state index in [2.05, 4.69) is 6.08 Å². The van der Waals surface area contributed by atoms with Crippen LogP contribution in [0.1, 0.15) is 19.3 Å². The lowest BCUT2D eigenvalue weighted by Gasteiger charge is -2.62. The van der Waals surface area contributed by atoms with Crippen LogP contribution in [0.25, 0.3) is 0 Å². The van der Waals surface area contributed by atoms with Gasteiger partial charge in [0.1, 0.15) is 0 Å². The molecular formula is C14H18O5. The van der Waals surface area contributed by atoms with Gasteiger partial charge in [0, 0.05) is 17.9 Å². The van der Waals surface area contributed by atoms with Gasteiger partial charge in [-0.3, -0.25) is 9.59 Å². The number of methoxy groups -OCH3 is 2. The quantitative estimate of drug-likeness (QED) is 0.425. The molecule has 3 rings (SSSR count). The highest BCUT2D eigenvalue weighted by Gasteiger charge is 2.80. The van der Waals surface area contributed by atoms with Crippen LogP contribution in [0.4, 0.5) is 0 Å². The van der Waals surface area contributed by atoms with Gasteiger partial charge in [0.15, 0.2) is 5.41 Å². The van der Waals surface area contributed by atoms with Crippen LogP contribution in [-0.4, -0.2) is 38.9 Å². The van der Waals surface area contributed by atoms with Gasteiger partial charge in [-0.15, -0.1) is 0 Å². The Morgan fingerprint density at radius 1 is 1.21 bits per heavy atom. The molecule has 5 nitrogen and oxygen atoms in total. The van der Waals surface area contributed by atoms with E-state index in [1.807, 2.05) is 6.08 Å². The molecule has 1 aliphatic heterocycles. The Balaban J connectivity index is 2.08. The Morgan fingerprint density at radius 2 is 1.89 bits per heavy atom. The highest BCUT2D eigenvalue weighted by molar-refractivity contribution is 6.03. The molecule has 2 fully saturated rings. The SMILES string of the molecule is COC(=O)C1(C(=O)OC)[C@H]2CC=CC[C@]23CCO[C@H]13. The van der Waals surface area contributed by atoms with Crippen LogP contribution in [0.5, 0.6) is 0 Å². The van der Waals surface area contributed by atoms with Crippen molar-refractivity contribution in [2.24, 2.45) is 16.7 Å². The molecule has 3 atom stereocenters. The average Bonchev–Trinajstić information content (AvgIpc) is 2.77. The van der Waals surface area contributed by atoms with Crippen molar-refractivity contribution in [1.29, 1.82) is 0 Å². The number of hydrogen-bond acceptors (Lipinski definition) is 5. The molecule has 0 amide bonds. The first-order valence-electron chi connectivity index (χ1n) is 6.58. The van der Waals surface area contributed by atoms with E-state index in [4.69, 9.17) is 14.2 Å². The predicted octanol–water partition coefficient (Wildman–Crippen LogP) is 1.07. The number of esters is 2. The highest BCUT2D eigenvalue weighted by Crippen LogP contribution is 2.70. The van der Waals surface area contributed by atoms with Crippen molar-refractivity contribution >= 4 is 11.9 Å². The molecule has 1 heterocycles. The lowest BCUT2D eigenvalue weighted by molar-refractivity contribution is -0.240. The molecule has 0 N–H and O–H groups in total. The maximum Gasteiger partial charge on any atom is 0.326 e. The molecule has 0 aromatic carbocycles. The summed E-state index contributed by atoms with van der Waals surface area (Å²) < 4.78 is 15.5. The zero-order valence-electron chi connectivity index (χ0n) is 11.2. The molecule has 0 aromatic heterocycles. The summed E-state index contributed by atoms with van der Waals surface area (Å²) in [4.78, 5) is 24.6. The smallest absolute Gasteiger partial charge is 0.326 e. The van der Waals surface area contributed by atoms with Gasteiger partial charge in [-0.2, -0.15) is 0 Å². The number of ether oxygens (including phenoxy) is 3. The van der Waals surface area contributed by atoms with Gasteiger partial charge in [-0.05, 0) is 19.3 Å². The molecule has 3 aliphatic rings. The first-order valence-corrected chi connectivity index (χ1v) is 6.58. The Labute approximate surface area is 111 Å². The Kier molecular flexibility index (Phi) is 2.71. The fourth-order valence-corrected chi connectivity index (χ4v) is 4.37. The molecule has 0 bridgehead atoms. The van der Waals surface area contributed by atoms with E-state index in [-0.39, 0.29) is 11.3 Å². The third-order valence-corrected chi connectivity index (χ3v) is 5.11. The number of hydrogen-bond donors (Lipinski definition) is 0. The summed E-state index contributed by atoms with van der Waals surface area (Å²) >= 11 is 0. The molecule has 5 heteroatoms. The largest absolute Gasteiger partial charge is 0.468 e. The average molecular weight is 266 g/mol. The molecule has 1 spiro atoms. The summed E-state index contributed by atoms with van der Waals surface area (Å²) in [5, 5.41) is 0. The number of carbonyl (C=O) groups excluding carboxylic acids is 2. The van der Waals surface area contributed by atoms with E-state index >= 15 is 0 Å². The zero-order chi connectivity index (χ0) is 13.7. The topological polar surface area (TPSA) is 61.8 Å². The zero-order valence-corrected chi connectivity index (χ0v) is 11.2. The van der Waals surface area contributed by atoms with E-state index in [9.17, 15) is 9.59 Å². The van der Waals surface area contributed by atoms with Crippen LogP contribution >= 0.6 is 0 Å². The summed E-state index contributed by atoms with van der Waals surface area (Å²) in [7, 11) is 2.61. The van der Waals surface area contributed by atoms with E-state index in [0.717, 1.165) is 12.8 Å². The Morgan fingerprint density at radius 3 is 2.53 bits per heavy atom.